The van der Waals surface area contributed by atoms with Crippen LogP contribution in [0.5, 0.6) is 0 Å². The molecule has 0 radical (unpaired) electrons. The van der Waals surface area contributed by atoms with Crippen LogP contribution in [0.25, 0.3) is 0 Å². The SMILES string of the molecule is CCC(O)(CN)CCCOC1CCC1. The molecule has 1 rings (SSSR count). The number of nitrogens with two attached hydrogens (primary N) is 1. The molecule has 3 nitrogen and oxygen atoms in total. The van der Waals surface area contributed by atoms with Crippen LogP contribution in [0.2, 0.25) is 0 Å². The van der Waals surface area contributed by atoms with Gasteiger partial charge in [-0.1, -0.05) is 6.92 Å². The lowest BCUT2D eigenvalue weighted by atomic mass is 9.94. The Kier molecular flexibility index (Phi) is 4.85. The van der Waals surface area contributed by atoms with Crippen molar-refractivity contribution >= 4 is 0 Å². The molecule has 0 aliphatic heterocycles. The molecule has 0 spiro atoms. The van der Waals surface area contributed by atoms with E-state index in [0.29, 0.717) is 12.6 Å². The van der Waals surface area contributed by atoms with Gasteiger partial charge in [0, 0.05) is 13.2 Å². The van der Waals surface area contributed by atoms with Gasteiger partial charge in [0.1, 0.15) is 0 Å². The second-order valence-electron chi connectivity index (χ2n) is 4.31. The number of aliphatic hydroxyl groups is 1. The van der Waals surface area contributed by atoms with E-state index in [9.17, 15) is 5.11 Å². The molecule has 0 aromatic heterocycles. The molecule has 14 heavy (non-hydrogen) atoms. The predicted octanol–water partition coefficient (Wildman–Crippen LogP) is 1.44. The van der Waals surface area contributed by atoms with Crippen molar-refractivity contribution in [3.8, 4) is 0 Å². The van der Waals surface area contributed by atoms with E-state index >= 15 is 0 Å². The zero-order chi connectivity index (χ0) is 10.4. The highest BCUT2D eigenvalue weighted by Crippen LogP contribution is 2.23. The third kappa shape index (κ3) is 3.56. The fourth-order valence-corrected chi connectivity index (χ4v) is 1.61. The Hall–Kier alpha value is -0.120. The molecule has 1 aliphatic rings. The minimum atomic E-state index is -0.664. The van der Waals surface area contributed by atoms with Crippen molar-refractivity contribution in [2.75, 3.05) is 13.2 Å². The first-order valence-corrected chi connectivity index (χ1v) is 5.74. The lowest BCUT2D eigenvalue weighted by Gasteiger charge is -2.27. The lowest BCUT2D eigenvalue weighted by Crippen LogP contribution is -2.37. The van der Waals surface area contributed by atoms with Crippen molar-refractivity contribution < 1.29 is 9.84 Å². The van der Waals surface area contributed by atoms with Gasteiger partial charge in [-0.25, -0.2) is 0 Å². The molecule has 1 fully saturated rings. The van der Waals surface area contributed by atoms with E-state index in [0.717, 1.165) is 25.9 Å². The van der Waals surface area contributed by atoms with E-state index < -0.39 is 5.60 Å². The van der Waals surface area contributed by atoms with E-state index in [4.69, 9.17) is 10.5 Å². The van der Waals surface area contributed by atoms with Gasteiger partial charge in [-0.15, -0.1) is 0 Å². The quantitative estimate of drug-likeness (QED) is 0.613. The fraction of sp³-hybridized carbons (Fsp3) is 1.00. The van der Waals surface area contributed by atoms with Gasteiger partial charge in [0.2, 0.25) is 0 Å². The Balaban J connectivity index is 2.01. The summed E-state index contributed by atoms with van der Waals surface area (Å²) in [6.07, 6.45) is 6.65. The predicted molar refractivity (Wildman–Crippen MR) is 57.1 cm³/mol. The summed E-state index contributed by atoms with van der Waals surface area (Å²) < 4.78 is 5.61. The topological polar surface area (TPSA) is 55.5 Å². The molecule has 0 amide bonds. The van der Waals surface area contributed by atoms with Gasteiger partial charge in [0.25, 0.3) is 0 Å². The minimum absolute atomic E-state index is 0.354. The van der Waals surface area contributed by atoms with Crippen LogP contribution in [0.15, 0.2) is 0 Å². The van der Waals surface area contributed by atoms with Crippen LogP contribution in [0.3, 0.4) is 0 Å². The fourth-order valence-electron chi connectivity index (χ4n) is 1.61. The van der Waals surface area contributed by atoms with Crippen molar-refractivity contribution in [2.24, 2.45) is 5.73 Å². The van der Waals surface area contributed by atoms with Crippen LogP contribution >= 0.6 is 0 Å². The zero-order valence-corrected chi connectivity index (χ0v) is 9.17. The first kappa shape index (κ1) is 12.0. The van der Waals surface area contributed by atoms with Gasteiger partial charge in [0.05, 0.1) is 11.7 Å². The van der Waals surface area contributed by atoms with Crippen molar-refractivity contribution in [1.82, 2.24) is 0 Å². The summed E-state index contributed by atoms with van der Waals surface area (Å²) in [6.45, 7) is 3.10. The van der Waals surface area contributed by atoms with Gasteiger partial charge in [0.15, 0.2) is 0 Å². The standard InChI is InChI=1S/C11H23NO2/c1-2-11(13,9-12)7-4-8-14-10-5-3-6-10/h10,13H,2-9,12H2,1H3. The van der Waals surface area contributed by atoms with Gasteiger partial charge < -0.3 is 15.6 Å². The number of hydrogen-bond donors (Lipinski definition) is 2. The van der Waals surface area contributed by atoms with Crippen LogP contribution in [0.4, 0.5) is 0 Å². The van der Waals surface area contributed by atoms with Crippen molar-refractivity contribution in [3.63, 3.8) is 0 Å². The van der Waals surface area contributed by atoms with E-state index in [-0.39, 0.29) is 0 Å². The van der Waals surface area contributed by atoms with Crippen LogP contribution in [0, 0.1) is 0 Å². The molecule has 1 saturated carbocycles. The van der Waals surface area contributed by atoms with Crippen LogP contribution in [-0.4, -0.2) is 30.0 Å². The molecule has 0 aromatic rings. The number of ether oxygens (including phenoxy) is 1. The zero-order valence-electron chi connectivity index (χ0n) is 9.17. The van der Waals surface area contributed by atoms with Crippen molar-refractivity contribution in [1.29, 1.82) is 0 Å². The average Bonchev–Trinajstić information content (AvgIpc) is 2.14. The summed E-state index contributed by atoms with van der Waals surface area (Å²) in [5, 5.41) is 9.88. The molecule has 3 heteroatoms. The average molecular weight is 201 g/mol. The number of hydrogen-bond acceptors (Lipinski definition) is 3. The molecule has 1 atom stereocenters. The summed E-state index contributed by atoms with van der Waals surface area (Å²) in [6, 6.07) is 0. The van der Waals surface area contributed by atoms with Crippen LogP contribution < -0.4 is 5.73 Å². The van der Waals surface area contributed by atoms with E-state index in [1.165, 1.54) is 19.3 Å². The number of rotatable bonds is 7. The molecule has 1 aliphatic carbocycles. The largest absolute Gasteiger partial charge is 0.389 e. The summed E-state index contributed by atoms with van der Waals surface area (Å²) >= 11 is 0. The highest BCUT2D eigenvalue weighted by Gasteiger charge is 2.22. The van der Waals surface area contributed by atoms with Gasteiger partial charge in [-0.3, -0.25) is 0 Å². The normalized spacial score (nSPS) is 21.6. The van der Waals surface area contributed by atoms with E-state index in [1.807, 2.05) is 6.92 Å². The third-order valence-electron chi connectivity index (χ3n) is 3.23. The summed E-state index contributed by atoms with van der Waals surface area (Å²) in [5.41, 5.74) is 4.84. The minimum Gasteiger partial charge on any atom is -0.389 e. The molecular weight excluding hydrogens is 178 g/mol. The Morgan fingerprint density at radius 2 is 2.21 bits per heavy atom. The molecule has 3 N–H and O–H groups in total. The summed E-state index contributed by atoms with van der Waals surface area (Å²) in [5.74, 6) is 0. The Labute approximate surface area is 86.6 Å². The maximum Gasteiger partial charge on any atom is 0.0767 e. The summed E-state index contributed by atoms with van der Waals surface area (Å²) in [7, 11) is 0. The van der Waals surface area contributed by atoms with Crippen molar-refractivity contribution in [3.05, 3.63) is 0 Å². The second kappa shape index (κ2) is 5.69. The van der Waals surface area contributed by atoms with E-state index in [1.54, 1.807) is 0 Å². The molecule has 0 aromatic carbocycles. The van der Waals surface area contributed by atoms with E-state index in [2.05, 4.69) is 0 Å². The first-order chi connectivity index (χ1) is 6.70. The highest BCUT2D eigenvalue weighted by molar-refractivity contribution is 4.77. The molecule has 84 valence electrons. The molecule has 0 heterocycles. The molecule has 1 unspecified atom stereocenters. The Morgan fingerprint density at radius 3 is 2.64 bits per heavy atom. The highest BCUT2D eigenvalue weighted by atomic mass is 16.5. The van der Waals surface area contributed by atoms with Crippen molar-refractivity contribution in [2.45, 2.75) is 57.2 Å². The summed E-state index contributed by atoms with van der Waals surface area (Å²) in [4.78, 5) is 0. The van der Waals surface area contributed by atoms with Gasteiger partial charge >= 0.3 is 0 Å². The third-order valence-corrected chi connectivity index (χ3v) is 3.23. The lowest BCUT2D eigenvalue weighted by molar-refractivity contribution is -0.0162. The molecular formula is C11H23NO2. The Morgan fingerprint density at radius 1 is 1.50 bits per heavy atom. The second-order valence-corrected chi connectivity index (χ2v) is 4.31. The maximum absolute atomic E-state index is 9.88. The van der Waals surface area contributed by atoms with Gasteiger partial charge in [-0.05, 0) is 38.5 Å². The molecule has 0 bridgehead atoms. The molecule has 0 saturated heterocycles. The van der Waals surface area contributed by atoms with Gasteiger partial charge in [-0.2, -0.15) is 0 Å². The monoisotopic (exact) mass is 201 g/mol. The van der Waals surface area contributed by atoms with Crippen LogP contribution in [-0.2, 0) is 4.74 Å². The maximum atomic E-state index is 9.88. The first-order valence-electron chi connectivity index (χ1n) is 5.74. The van der Waals surface area contributed by atoms with Crippen LogP contribution in [0.1, 0.15) is 45.4 Å². The Bertz CT molecular complexity index is 153. The smallest absolute Gasteiger partial charge is 0.0767 e.